The fourth-order valence-corrected chi connectivity index (χ4v) is 3.28. The number of rotatable bonds is 2. The van der Waals surface area contributed by atoms with Crippen molar-refractivity contribution in [2.45, 2.75) is 27.3 Å². The number of aryl methyl sites for hydroxylation is 1. The normalized spacial score (nSPS) is 10.2. The Morgan fingerprint density at radius 1 is 0.857 bits per heavy atom. The zero-order chi connectivity index (χ0) is 18.8. The predicted molar refractivity (Wildman–Crippen MR) is 118 cm³/mol. The Bertz CT molecular complexity index is 988. The van der Waals surface area contributed by atoms with Crippen molar-refractivity contribution in [2.75, 3.05) is 0 Å². The lowest BCUT2D eigenvalue weighted by Crippen LogP contribution is -1.99. The summed E-state index contributed by atoms with van der Waals surface area (Å²) in [4.78, 5) is 5.78. The highest BCUT2D eigenvalue weighted by atomic mass is 35.5. The number of aromatic nitrogens is 2. The molecular formula is C20H22Cl3F2N3. The Kier molecular flexibility index (Phi) is 8.76. The van der Waals surface area contributed by atoms with Crippen LogP contribution in [0.4, 0.5) is 8.78 Å². The van der Waals surface area contributed by atoms with Gasteiger partial charge in [0.25, 0.3) is 0 Å². The number of nitrogens with one attached hydrogen (secondary N) is 2. The Labute approximate surface area is 178 Å². The number of hydrogen-bond acceptors (Lipinski definition) is 1. The number of nitrogens with two attached hydrogens (primary N) is 1. The van der Waals surface area contributed by atoms with Crippen LogP contribution in [0.15, 0.2) is 36.7 Å². The van der Waals surface area contributed by atoms with Crippen molar-refractivity contribution >= 4 is 57.4 Å². The average Bonchev–Trinajstić information content (AvgIpc) is 3.20. The first kappa shape index (κ1) is 24.2. The molecule has 28 heavy (non-hydrogen) atoms. The molecule has 0 fully saturated rings. The summed E-state index contributed by atoms with van der Waals surface area (Å²) in [7, 11) is 0. The fourth-order valence-electron chi connectivity index (χ4n) is 2.80. The molecule has 4 aromatic rings. The van der Waals surface area contributed by atoms with Gasteiger partial charge in [0.05, 0.1) is 20.8 Å². The standard InChI is InChI=1S/C10H9ClFN.C9H8ClFN2.CH4.ClH/c1-2-6-3-4-8-9(10(6)12)7(11)5-13-8;10-6-4-13-7-2-1-5(3-12)9(11)8(6)7;;/h3-5,13H,2H2,1H3;1-2,4,13H,3,12H2;1H4;1H. The van der Waals surface area contributed by atoms with Gasteiger partial charge >= 0.3 is 0 Å². The summed E-state index contributed by atoms with van der Waals surface area (Å²) >= 11 is 11.6. The number of aromatic amines is 2. The summed E-state index contributed by atoms with van der Waals surface area (Å²) in [6.45, 7) is 2.11. The lowest BCUT2D eigenvalue weighted by atomic mass is 10.1. The Morgan fingerprint density at radius 3 is 1.71 bits per heavy atom. The van der Waals surface area contributed by atoms with Crippen LogP contribution < -0.4 is 5.73 Å². The maximum Gasteiger partial charge on any atom is 0.138 e. The first-order chi connectivity index (χ1) is 12.5. The maximum atomic E-state index is 13.7. The Hall–Kier alpha value is -1.79. The molecule has 0 spiro atoms. The minimum absolute atomic E-state index is 0. The second-order valence-electron chi connectivity index (χ2n) is 5.75. The zero-order valence-corrected chi connectivity index (χ0v) is 16.7. The average molecular weight is 449 g/mol. The van der Waals surface area contributed by atoms with E-state index in [0.717, 1.165) is 5.52 Å². The molecule has 0 radical (unpaired) electrons. The van der Waals surface area contributed by atoms with E-state index in [0.29, 0.717) is 43.9 Å². The van der Waals surface area contributed by atoms with E-state index in [4.69, 9.17) is 28.9 Å². The molecule has 0 atom stereocenters. The monoisotopic (exact) mass is 447 g/mol. The van der Waals surface area contributed by atoms with Gasteiger partial charge < -0.3 is 15.7 Å². The summed E-state index contributed by atoms with van der Waals surface area (Å²) < 4.78 is 27.2. The van der Waals surface area contributed by atoms with Gasteiger partial charge in [-0.05, 0) is 24.1 Å². The van der Waals surface area contributed by atoms with Gasteiger partial charge in [-0.2, -0.15) is 0 Å². The molecule has 0 aliphatic rings. The molecule has 2 aromatic heterocycles. The van der Waals surface area contributed by atoms with Gasteiger partial charge in [-0.25, -0.2) is 8.78 Å². The molecule has 0 unspecified atom stereocenters. The highest BCUT2D eigenvalue weighted by Crippen LogP contribution is 2.28. The number of H-pyrrole nitrogens is 2. The summed E-state index contributed by atoms with van der Waals surface area (Å²) in [5.41, 5.74) is 7.99. The smallest absolute Gasteiger partial charge is 0.138 e. The van der Waals surface area contributed by atoms with Crippen LogP contribution >= 0.6 is 35.6 Å². The van der Waals surface area contributed by atoms with Crippen molar-refractivity contribution in [1.29, 1.82) is 0 Å². The molecule has 2 heterocycles. The van der Waals surface area contributed by atoms with Crippen molar-refractivity contribution in [3.63, 3.8) is 0 Å². The fraction of sp³-hybridized carbons (Fsp3) is 0.200. The third kappa shape index (κ3) is 4.44. The number of hydrogen-bond donors (Lipinski definition) is 3. The van der Waals surface area contributed by atoms with Crippen LogP contribution in [0.3, 0.4) is 0 Å². The van der Waals surface area contributed by atoms with Crippen LogP contribution in [0.25, 0.3) is 21.8 Å². The van der Waals surface area contributed by atoms with Crippen LogP contribution in [-0.4, -0.2) is 9.97 Å². The topological polar surface area (TPSA) is 57.6 Å². The van der Waals surface area contributed by atoms with E-state index < -0.39 is 0 Å². The Balaban J connectivity index is 0.000000261. The number of fused-ring (bicyclic) bond motifs is 2. The van der Waals surface area contributed by atoms with Gasteiger partial charge in [0.2, 0.25) is 0 Å². The zero-order valence-electron chi connectivity index (χ0n) is 14.4. The van der Waals surface area contributed by atoms with Crippen molar-refractivity contribution in [2.24, 2.45) is 5.73 Å². The van der Waals surface area contributed by atoms with E-state index in [9.17, 15) is 8.78 Å². The minimum atomic E-state index is -0.328. The quantitative estimate of drug-likeness (QED) is 0.304. The van der Waals surface area contributed by atoms with E-state index in [2.05, 4.69) is 9.97 Å². The van der Waals surface area contributed by atoms with Gasteiger partial charge in [-0.1, -0.05) is 49.7 Å². The van der Waals surface area contributed by atoms with Gasteiger partial charge in [-0.3, -0.25) is 0 Å². The molecule has 3 nitrogen and oxygen atoms in total. The molecule has 0 saturated carbocycles. The third-order valence-electron chi connectivity index (χ3n) is 4.23. The highest BCUT2D eigenvalue weighted by molar-refractivity contribution is 6.36. The van der Waals surface area contributed by atoms with E-state index >= 15 is 0 Å². The lowest BCUT2D eigenvalue weighted by molar-refractivity contribution is 0.623. The van der Waals surface area contributed by atoms with E-state index in [1.807, 2.05) is 13.0 Å². The number of benzene rings is 2. The van der Waals surface area contributed by atoms with Gasteiger partial charge in [0, 0.05) is 35.5 Å². The number of halogens is 5. The first-order valence-corrected chi connectivity index (χ1v) is 8.81. The SMILES string of the molecule is C.CCc1ccc2[nH]cc(Cl)c2c1F.Cl.NCc1ccc2[nH]cc(Cl)c2c1F. The molecule has 8 heteroatoms. The molecule has 4 rings (SSSR count). The molecule has 0 bridgehead atoms. The van der Waals surface area contributed by atoms with Gasteiger partial charge in [-0.15, -0.1) is 12.4 Å². The molecule has 0 aliphatic heterocycles. The predicted octanol–water partition coefficient (Wildman–Crippen LogP) is 7.00. The summed E-state index contributed by atoms with van der Waals surface area (Å²) in [5.74, 6) is -0.530. The molecule has 0 amide bonds. The van der Waals surface area contributed by atoms with Crippen LogP contribution in [0.2, 0.25) is 10.0 Å². The van der Waals surface area contributed by atoms with Crippen LogP contribution in [-0.2, 0) is 13.0 Å². The second kappa shape index (κ2) is 10.1. The van der Waals surface area contributed by atoms with Crippen LogP contribution in [0, 0.1) is 11.6 Å². The summed E-state index contributed by atoms with van der Waals surface area (Å²) in [6.07, 6.45) is 3.85. The van der Waals surface area contributed by atoms with Gasteiger partial charge in [0.15, 0.2) is 0 Å². The third-order valence-corrected chi connectivity index (χ3v) is 4.83. The molecule has 4 N–H and O–H groups in total. The maximum absolute atomic E-state index is 13.7. The van der Waals surface area contributed by atoms with Crippen molar-refractivity contribution in [3.8, 4) is 0 Å². The van der Waals surface area contributed by atoms with E-state index in [1.165, 1.54) is 0 Å². The van der Waals surface area contributed by atoms with Gasteiger partial charge in [0.1, 0.15) is 11.6 Å². The molecule has 152 valence electrons. The van der Waals surface area contributed by atoms with Crippen LogP contribution in [0.1, 0.15) is 25.5 Å². The van der Waals surface area contributed by atoms with E-state index in [1.54, 1.807) is 30.6 Å². The van der Waals surface area contributed by atoms with Crippen molar-refractivity contribution < 1.29 is 8.78 Å². The lowest BCUT2D eigenvalue weighted by Gasteiger charge is -2.00. The highest BCUT2D eigenvalue weighted by Gasteiger charge is 2.11. The molecule has 0 saturated heterocycles. The molecule has 2 aromatic carbocycles. The van der Waals surface area contributed by atoms with E-state index in [-0.39, 0.29) is 38.0 Å². The first-order valence-electron chi connectivity index (χ1n) is 8.05. The summed E-state index contributed by atoms with van der Waals surface area (Å²) in [5, 5.41) is 1.76. The molecular weight excluding hydrogens is 427 g/mol. The summed E-state index contributed by atoms with van der Waals surface area (Å²) in [6, 6.07) is 7.06. The minimum Gasteiger partial charge on any atom is -0.360 e. The second-order valence-corrected chi connectivity index (χ2v) is 6.57. The Morgan fingerprint density at radius 2 is 1.29 bits per heavy atom. The largest absolute Gasteiger partial charge is 0.360 e. The van der Waals surface area contributed by atoms with Crippen LogP contribution in [0.5, 0.6) is 0 Å². The van der Waals surface area contributed by atoms with Crippen molar-refractivity contribution in [1.82, 2.24) is 9.97 Å². The molecule has 0 aliphatic carbocycles. The van der Waals surface area contributed by atoms with Crippen molar-refractivity contribution in [3.05, 3.63) is 69.5 Å².